The fourth-order valence-corrected chi connectivity index (χ4v) is 1.56. The highest BCUT2D eigenvalue weighted by atomic mass is 16.3. The zero-order chi connectivity index (χ0) is 13.0. The monoisotopic (exact) mass is 241 g/mol. The Kier molecular flexibility index (Phi) is 4.51. The van der Waals surface area contributed by atoms with Gasteiger partial charge in [-0.3, -0.25) is 14.3 Å². The van der Waals surface area contributed by atoms with E-state index in [9.17, 15) is 14.7 Å². The largest absolute Gasteiger partial charge is 0.494 e. The van der Waals surface area contributed by atoms with E-state index in [0.717, 1.165) is 19.4 Å². The Labute approximate surface area is 99.5 Å². The van der Waals surface area contributed by atoms with Crippen molar-refractivity contribution < 1.29 is 5.11 Å². The number of H-pyrrole nitrogens is 1. The van der Waals surface area contributed by atoms with Gasteiger partial charge >= 0.3 is 5.69 Å². The molecule has 6 nitrogen and oxygen atoms in total. The molecule has 96 valence electrons. The van der Waals surface area contributed by atoms with Crippen molar-refractivity contribution in [2.24, 2.45) is 0 Å². The summed E-state index contributed by atoms with van der Waals surface area (Å²) >= 11 is 0. The van der Waals surface area contributed by atoms with Crippen LogP contribution in [0.2, 0.25) is 0 Å². The first-order valence-corrected chi connectivity index (χ1v) is 5.61. The Hall–Kier alpha value is -1.56. The second-order valence-corrected chi connectivity index (χ2v) is 4.37. The van der Waals surface area contributed by atoms with Gasteiger partial charge in [0.15, 0.2) is 0 Å². The van der Waals surface area contributed by atoms with Crippen molar-refractivity contribution in [2.45, 2.75) is 26.3 Å². The molecular formula is C11H19N3O3. The lowest BCUT2D eigenvalue weighted by molar-refractivity contribution is 0.365. The zero-order valence-electron chi connectivity index (χ0n) is 10.5. The molecule has 2 N–H and O–H groups in total. The molecule has 0 fully saturated rings. The van der Waals surface area contributed by atoms with Crippen LogP contribution in [0.1, 0.15) is 18.4 Å². The predicted octanol–water partition coefficient (Wildman–Crippen LogP) is -0.108. The third-order valence-electron chi connectivity index (χ3n) is 2.63. The molecule has 0 amide bonds. The first-order valence-electron chi connectivity index (χ1n) is 5.61. The van der Waals surface area contributed by atoms with E-state index in [2.05, 4.69) is 9.88 Å². The van der Waals surface area contributed by atoms with Gasteiger partial charge in [-0.05, 0) is 40.4 Å². The van der Waals surface area contributed by atoms with Crippen molar-refractivity contribution >= 4 is 0 Å². The maximum absolute atomic E-state index is 11.5. The fourth-order valence-electron chi connectivity index (χ4n) is 1.56. The topological polar surface area (TPSA) is 78.3 Å². The van der Waals surface area contributed by atoms with Gasteiger partial charge in [0.1, 0.15) is 0 Å². The number of nitrogens with one attached hydrogen (secondary N) is 1. The summed E-state index contributed by atoms with van der Waals surface area (Å²) in [5, 5.41) is 9.70. The average Bonchev–Trinajstić information content (AvgIpc) is 2.24. The van der Waals surface area contributed by atoms with Gasteiger partial charge in [0.25, 0.3) is 5.56 Å². The van der Waals surface area contributed by atoms with E-state index in [4.69, 9.17) is 0 Å². The Morgan fingerprint density at radius 3 is 2.53 bits per heavy atom. The molecule has 0 aliphatic carbocycles. The van der Waals surface area contributed by atoms with Crippen LogP contribution in [0.5, 0.6) is 5.88 Å². The van der Waals surface area contributed by atoms with Gasteiger partial charge in [-0.25, -0.2) is 4.79 Å². The van der Waals surface area contributed by atoms with Crippen molar-refractivity contribution in [2.75, 3.05) is 20.6 Å². The molecule has 1 heterocycles. The molecule has 6 heteroatoms. The normalized spacial score (nSPS) is 11.1. The van der Waals surface area contributed by atoms with Crippen LogP contribution >= 0.6 is 0 Å². The zero-order valence-corrected chi connectivity index (χ0v) is 10.5. The Morgan fingerprint density at radius 1 is 1.29 bits per heavy atom. The molecule has 0 unspecified atom stereocenters. The number of hydrogen-bond acceptors (Lipinski definition) is 4. The number of hydrogen-bond donors (Lipinski definition) is 2. The summed E-state index contributed by atoms with van der Waals surface area (Å²) in [7, 11) is 3.96. The van der Waals surface area contributed by atoms with E-state index < -0.39 is 11.2 Å². The number of aromatic amines is 1. The Bertz CT molecular complexity index is 488. The summed E-state index contributed by atoms with van der Waals surface area (Å²) in [5.74, 6) is -0.233. The maximum atomic E-state index is 11.5. The highest BCUT2D eigenvalue weighted by Crippen LogP contribution is 2.08. The molecule has 1 aromatic rings. The molecule has 0 bridgehead atoms. The number of aromatic hydroxyl groups is 1. The van der Waals surface area contributed by atoms with Gasteiger partial charge in [-0.1, -0.05) is 0 Å². The molecule has 0 aliphatic rings. The van der Waals surface area contributed by atoms with Gasteiger partial charge in [0.2, 0.25) is 5.88 Å². The molecule has 1 aromatic heterocycles. The summed E-state index contributed by atoms with van der Waals surface area (Å²) < 4.78 is 1.20. The summed E-state index contributed by atoms with van der Waals surface area (Å²) in [6.45, 7) is 2.83. The van der Waals surface area contributed by atoms with E-state index in [0.29, 0.717) is 6.54 Å². The smallest absolute Gasteiger partial charge is 0.331 e. The fraction of sp³-hybridized carbons (Fsp3) is 0.636. The first-order chi connectivity index (χ1) is 7.93. The first kappa shape index (κ1) is 13.5. The third kappa shape index (κ3) is 3.45. The summed E-state index contributed by atoms with van der Waals surface area (Å²) in [5.41, 5.74) is -0.905. The van der Waals surface area contributed by atoms with Gasteiger partial charge in [-0.2, -0.15) is 0 Å². The minimum Gasteiger partial charge on any atom is -0.494 e. The second kappa shape index (κ2) is 5.67. The SMILES string of the molecule is Cc1c(O)n(CCCCN(C)C)c(=O)[nH]c1=O. The molecule has 0 aromatic carbocycles. The van der Waals surface area contributed by atoms with Crippen LogP contribution in [0, 0.1) is 6.92 Å². The lowest BCUT2D eigenvalue weighted by atomic mass is 10.3. The lowest BCUT2D eigenvalue weighted by Gasteiger charge is -2.11. The van der Waals surface area contributed by atoms with E-state index in [1.165, 1.54) is 11.5 Å². The van der Waals surface area contributed by atoms with Crippen molar-refractivity contribution in [1.82, 2.24) is 14.5 Å². The van der Waals surface area contributed by atoms with Crippen LogP contribution in [0.25, 0.3) is 0 Å². The number of aromatic nitrogens is 2. The minimum atomic E-state index is -0.553. The van der Waals surface area contributed by atoms with Gasteiger partial charge < -0.3 is 10.0 Å². The van der Waals surface area contributed by atoms with Crippen LogP contribution in [-0.4, -0.2) is 40.2 Å². The van der Waals surface area contributed by atoms with Crippen molar-refractivity contribution in [3.05, 3.63) is 26.4 Å². The van der Waals surface area contributed by atoms with Crippen molar-refractivity contribution in [1.29, 1.82) is 0 Å². The summed E-state index contributed by atoms with van der Waals surface area (Å²) in [4.78, 5) is 26.9. The van der Waals surface area contributed by atoms with Crippen LogP contribution in [0.15, 0.2) is 9.59 Å². The molecule has 1 rings (SSSR count). The number of unbranched alkanes of at least 4 members (excludes halogenated alkanes) is 1. The van der Waals surface area contributed by atoms with Gasteiger partial charge in [0, 0.05) is 6.54 Å². The Morgan fingerprint density at radius 2 is 1.94 bits per heavy atom. The number of rotatable bonds is 5. The van der Waals surface area contributed by atoms with Crippen LogP contribution in [0.4, 0.5) is 0 Å². The molecule has 0 saturated carbocycles. The predicted molar refractivity (Wildman–Crippen MR) is 65.5 cm³/mol. The third-order valence-corrected chi connectivity index (χ3v) is 2.63. The van der Waals surface area contributed by atoms with Gasteiger partial charge in [0.05, 0.1) is 5.56 Å². The van der Waals surface area contributed by atoms with Crippen LogP contribution in [0.3, 0.4) is 0 Å². The summed E-state index contributed by atoms with van der Waals surface area (Å²) in [6, 6.07) is 0. The second-order valence-electron chi connectivity index (χ2n) is 4.37. The molecule has 0 atom stereocenters. The highest BCUT2D eigenvalue weighted by molar-refractivity contribution is 5.20. The van der Waals surface area contributed by atoms with Crippen LogP contribution < -0.4 is 11.2 Å². The molecule has 0 aliphatic heterocycles. The molecule has 17 heavy (non-hydrogen) atoms. The number of nitrogens with zero attached hydrogens (tertiary/aromatic N) is 2. The molecule has 0 radical (unpaired) electrons. The van der Waals surface area contributed by atoms with E-state index in [-0.39, 0.29) is 11.4 Å². The standard InChI is InChI=1S/C11H19N3O3/c1-8-9(15)12-11(17)14(10(8)16)7-5-4-6-13(2)3/h16H,4-7H2,1-3H3,(H,12,15,17). The molecule has 0 spiro atoms. The van der Waals surface area contributed by atoms with E-state index in [1.54, 1.807) is 0 Å². The lowest BCUT2D eigenvalue weighted by Crippen LogP contribution is -2.31. The maximum Gasteiger partial charge on any atom is 0.331 e. The minimum absolute atomic E-state index is 0.178. The average molecular weight is 241 g/mol. The summed E-state index contributed by atoms with van der Waals surface area (Å²) in [6.07, 6.45) is 1.70. The molecular weight excluding hydrogens is 222 g/mol. The quantitative estimate of drug-likeness (QED) is 0.705. The van der Waals surface area contributed by atoms with Crippen LogP contribution in [-0.2, 0) is 6.54 Å². The Balaban J connectivity index is 2.75. The van der Waals surface area contributed by atoms with E-state index >= 15 is 0 Å². The van der Waals surface area contributed by atoms with Gasteiger partial charge in [-0.15, -0.1) is 0 Å². The highest BCUT2D eigenvalue weighted by Gasteiger charge is 2.09. The molecule has 0 saturated heterocycles. The van der Waals surface area contributed by atoms with Crippen molar-refractivity contribution in [3.8, 4) is 5.88 Å². The van der Waals surface area contributed by atoms with Crippen molar-refractivity contribution in [3.63, 3.8) is 0 Å². The van der Waals surface area contributed by atoms with E-state index in [1.807, 2.05) is 14.1 Å².